The molecule has 0 aliphatic carbocycles. The molecular formula is C16H17N3O2. The SMILES string of the molecule is Cc1cnn(CCOc2cccc(C#CCN)c2)c(=O)c1. The van der Waals surface area contributed by atoms with Crippen LogP contribution in [-0.2, 0) is 6.54 Å². The number of rotatable bonds is 4. The van der Waals surface area contributed by atoms with Crippen molar-refractivity contribution in [3.05, 3.63) is 58.0 Å². The Hall–Kier alpha value is -2.58. The smallest absolute Gasteiger partial charge is 0.267 e. The van der Waals surface area contributed by atoms with E-state index in [2.05, 4.69) is 16.9 Å². The van der Waals surface area contributed by atoms with Crippen LogP contribution >= 0.6 is 0 Å². The van der Waals surface area contributed by atoms with Gasteiger partial charge in [-0.1, -0.05) is 17.9 Å². The fourth-order valence-electron chi connectivity index (χ4n) is 1.76. The molecule has 0 bridgehead atoms. The first-order valence-electron chi connectivity index (χ1n) is 6.64. The van der Waals surface area contributed by atoms with Crippen LogP contribution < -0.4 is 16.0 Å². The quantitative estimate of drug-likeness (QED) is 0.848. The number of hydrogen-bond donors (Lipinski definition) is 1. The Morgan fingerprint density at radius 2 is 2.24 bits per heavy atom. The van der Waals surface area contributed by atoms with Crippen molar-refractivity contribution >= 4 is 0 Å². The van der Waals surface area contributed by atoms with Gasteiger partial charge in [0, 0.05) is 11.6 Å². The molecule has 21 heavy (non-hydrogen) atoms. The summed E-state index contributed by atoms with van der Waals surface area (Å²) < 4.78 is 7.00. The fourth-order valence-corrected chi connectivity index (χ4v) is 1.76. The molecule has 0 aliphatic rings. The summed E-state index contributed by atoms with van der Waals surface area (Å²) in [5.41, 5.74) is 6.92. The first kappa shape index (κ1) is 14.8. The van der Waals surface area contributed by atoms with Crippen LogP contribution in [0.2, 0.25) is 0 Å². The number of aryl methyl sites for hydroxylation is 1. The van der Waals surface area contributed by atoms with Crippen LogP contribution in [0.4, 0.5) is 0 Å². The second-order valence-corrected chi connectivity index (χ2v) is 4.48. The van der Waals surface area contributed by atoms with Gasteiger partial charge in [-0.2, -0.15) is 5.10 Å². The van der Waals surface area contributed by atoms with Gasteiger partial charge in [0.1, 0.15) is 12.4 Å². The lowest BCUT2D eigenvalue weighted by Gasteiger charge is -2.07. The van der Waals surface area contributed by atoms with Crippen LogP contribution in [0, 0.1) is 18.8 Å². The van der Waals surface area contributed by atoms with Gasteiger partial charge in [0.25, 0.3) is 5.56 Å². The first-order chi connectivity index (χ1) is 10.2. The third-order valence-corrected chi connectivity index (χ3v) is 2.75. The standard InChI is InChI=1S/C16H17N3O2/c1-13-10-16(20)19(18-12-13)8-9-21-15-6-2-4-14(11-15)5-3-7-17/h2,4,6,10-12H,7-9,17H2,1H3. The average Bonchev–Trinajstić information content (AvgIpc) is 2.48. The van der Waals surface area contributed by atoms with Crippen LogP contribution in [0.5, 0.6) is 5.75 Å². The lowest BCUT2D eigenvalue weighted by Crippen LogP contribution is -2.25. The number of nitrogens with two attached hydrogens (primary N) is 1. The van der Waals surface area contributed by atoms with Gasteiger partial charge >= 0.3 is 0 Å². The van der Waals surface area contributed by atoms with Gasteiger partial charge in [0.2, 0.25) is 0 Å². The highest BCUT2D eigenvalue weighted by molar-refractivity contribution is 5.39. The highest BCUT2D eigenvalue weighted by Crippen LogP contribution is 2.12. The Morgan fingerprint density at radius 3 is 3.00 bits per heavy atom. The average molecular weight is 283 g/mol. The molecule has 1 heterocycles. The van der Waals surface area contributed by atoms with Gasteiger partial charge < -0.3 is 10.5 Å². The molecule has 0 radical (unpaired) electrons. The second kappa shape index (κ2) is 7.27. The van der Waals surface area contributed by atoms with Crippen molar-refractivity contribution in [3.8, 4) is 17.6 Å². The van der Waals surface area contributed by atoms with Crippen LogP contribution in [0.1, 0.15) is 11.1 Å². The Labute approximate surface area is 123 Å². The summed E-state index contributed by atoms with van der Waals surface area (Å²) >= 11 is 0. The molecule has 0 fully saturated rings. The molecule has 0 atom stereocenters. The lowest BCUT2D eigenvalue weighted by atomic mass is 10.2. The van der Waals surface area contributed by atoms with E-state index in [0.29, 0.717) is 25.4 Å². The largest absolute Gasteiger partial charge is 0.492 e. The van der Waals surface area contributed by atoms with Crippen LogP contribution in [-0.4, -0.2) is 22.9 Å². The minimum absolute atomic E-state index is 0.124. The molecule has 2 aromatic rings. The third kappa shape index (κ3) is 4.48. The van der Waals surface area contributed by atoms with E-state index in [1.165, 1.54) is 4.68 Å². The maximum absolute atomic E-state index is 11.7. The third-order valence-electron chi connectivity index (χ3n) is 2.75. The molecule has 2 rings (SSSR count). The zero-order valence-corrected chi connectivity index (χ0v) is 11.9. The van der Waals surface area contributed by atoms with Gasteiger partial charge in [-0.25, -0.2) is 4.68 Å². The van der Waals surface area contributed by atoms with E-state index in [0.717, 1.165) is 11.1 Å². The van der Waals surface area contributed by atoms with Gasteiger partial charge in [0.05, 0.1) is 19.3 Å². The molecule has 1 aromatic carbocycles. The highest BCUT2D eigenvalue weighted by atomic mass is 16.5. The number of aromatic nitrogens is 2. The Bertz CT molecular complexity index is 726. The summed E-state index contributed by atoms with van der Waals surface area (Å²) in [5.74, 6) is 6.45. The topological polar surface area (TPSA) is 70.1 Å². The van der Waals surface area contributed by atoms with Crippen molar-refractivity contribution in [2.75, 3.05) is 13.2 Å². The molecule has 0 spiro atoms. The van der Waals surface area contributed by atoms with Gasteiger partial charge in [-0.05, 0) is 30.7 Å². The summed E-state index contributed by atoms with van der Waals surface area (Å²) in [7, 11) is 0. The van der Waals surface area contributed by atoms with Crippen molar-refractivity contribution in [3.63, 3.8) is 0 Å². The second-order valence-electron chi connectivity index (χ2n) is 4.48. The van der Waals surface area contributed by atoms with E-state index in [1.54, 1.807) is 12.3 Å². The highest BCUT2D eigenvalue weighted by Gasteiger charge is 1.99. The van der Waals surface area contributed by atoms with E-state index in [1.807, 2.05) is 31.2 Å². The number of benzene rings is 1. The summed E-state index contributed by atoms with van der Waals surface area (Å²) in [4.78, 5) is 11.7. The predicted molar refractivity (Wildman–Crippen MR) is 81.1 cm³/mol. The van der Waals surface area contributed by atoms with E-state index < -0.39 is 0 Å². The van der Waals surface area contributed by atoms with E-state index >= 15 is 0 Å². The molecule has 5 heteroatoms. The summed E-state index contributed by atoms with van der Waals surface area (Å²) in [6.45, 7) is 2.93. The van der Waals surface area contributed by atoms with Gasteiger partial charge in [-0.3, -0.25) is 4.79 Å². The van der Waals surface area contributed by atoms with Crippen LogP contribution in [0.15, 0.2) is 41.3 Å². The molecule has 0 aliphatic heterocycles. The van der Waals surface area contributed by atoms with E-state index in [9.17, 15) is 4.79 Å². The maximum Gasteiger partial charge on any atom is 0.267 e. The normalized spacial score (nSPS) is 9.81. The van der Waals surface area contributed by atoms with Crippen molar-refractivity contribution in [1.29, 1.82) is 0 Å². The number of hydrogen-bond acceptors (Lipinski definition) is 4. The lowest BCUT2D eigenvalue weighted by molar-refractivity contribution is 0.287. The number of ether oxygens (including phenoxy) is 1. The predicted octanol–water partition coefficient (Wildman–Crippen LogP) is 0.941. The summed E-state index contributed by atoms with van der Waals surface area (Å²) in [6, 6.07) is 9.00. The molecule has 0 unspecified atom stereocenters. The molecule has 5 nitrogen and oxygen atoms in total. The summed E-state index contributed by atoms with van der Waals surface area (Å²) in [5, 5.41) is 4.05. The molecule has 0 amide bonds. The van der Waals surface area contributed by atoms with Crippen molar-refractivity contribution in [1.82, 2.24) is 9.78 Å². The zero-order valence-electron chi connectivity index (χ0n) is 11.9. The zero-order chi connectivity index (χ0) is 15.1. The molecule has 108 valence electrons. The van der Waals surface area contributed by atoms with Crippen LogP contribution in [0.25, 0.3) is 0 Å². The first-order valence-corrected chi connectivity index (χ1v) is 6.64. The van der Waals surface area contributed by atoms with Crippen molar-refractivity contribution in [2.24, 2.45) is 5.73 Å². The van der Waals surface area contributed by atoms with E-state index in [4.69, 9.17) is 10.5 Å². The van der Waals surface area contributed by atoms with E-state index in [-0.39, 0.29) is 5.56 Å². The van der Waals surface area contributed by atoms with Gasteiger partial charge in [0.15, 0.2) is 0 Å². The Balaban J connectivity index is 1.95. The molecule has 2 N–H and O–H groups in total. The maximum atomic E-state index is 11.7. The van der Waals surface area contributed by atoms with Crippen LogP contribution in [0.3, 0.4) is 0 Å². The monoisotopic (exact) mass is 283 g/mol. The minimum atomic E-state index is -0.124. The van der Waals surface area contributed by atoms with Crippen molar-refractivity contribution in [2.45, 2.75) is 13.5 Å². The Morgan fingerprint density at radius 1 is 1.38 bits per heavy atom. The molecule has 0 saturated carbocycles. The minimum Gasteiger partial charge on any atom is -0.492 e. The van der Waals surface area contributed by atoms with Crippen molar-refractivity contribution < 1.29 is 4.74 Å². The molecule has 1 aromatic heterocycles. The van der Waals surface area contributed by atoms with Gasteiger partial charge in [-0.15, -0.1) is 0 Å². The Kier molecular flexibility index (Phi) is 5.13. The molecular weight excluding hydrogens is 266 g/mol. The summed E-state index contributed by atoms with van der Waals surface area (Å²) in [6.07, 6.45) is 1.66. The fraction of sp³-hybridized carbons (Fsp3) is 0.250. The molecule has 0 saturated heterocycles. The number of nitrogens with zero attached hydrogens (tertiary/aromatic N) is 2.